The van der Waals surface area contributed by atoms with Gasteiger partial charge >= 0.3 is 0 Å². The zero-order valence-electron chi connectivity index (χ0n) is 10.8. The maximum Gasteiger partial charge on any atom is 0.0943 e. The first-order chi connectivity index (χ1) is 8.72. The van der Waals surface area contributed by atoms with Crippen molar-refractivity contribution in [3.63, 3.8) is 0 Å². The molecule has 0 amide bonds. The summed E-state index contributed by atoms with van der Waals surface area (Å²) < 4.78 is 0. The van der Waals surface area contributed by atoms with E-state index in [1.165, 1.54) is 15.3 Å². The number of benzene rings is 1. The predicted octanol–water partition coefficient (Wildman–Crippen LogP) is 3.27. The van der Waals surface area contributed by atoms with E-state index in [1.54, 1.807) is 23.1 Å². The number of aromatic nitrogens is 1. The fourth-order valence-electron chi connectivity index (χ4n) is 1.85. The Morgan fingerprint density at radius 1 is 1.39 bits per heavy atom. The molecule has 0 bridgehead atoms. The quantitative estimate of drug-likeness (QED) is 0.853. The lowest BCUT2D eigenvalue weighted by atomic mass is 10.1. The lowest BCUT2D eigenvalue weighted by Gasteiger charge is -2.02. The third-order valence-electron chi connectivity index (χ3n) is 2.79. The molecule has 2 N–H and O–H groups in total. The second-order valence-corrected chi connectivity index (χ2v) is 6.23. The highest BCUT2D eigenvalue weighted by Crippen LogP contribution is 2.23. The number of hydrogen-bond acceptors (Lipinski definition) is 4. The Morgan fingerprint density at radius 3 is 2.94 bits per heavy atom. The highest BCUT2D eigenvalue weighted by atomic mass is 32.2. The molecular weight excluding hydrogens is 260 g/mol. The Labute approximate surface area is 117 Å². The first-order valence-corrected chi connectivity index (χ1v) is 8.05. The van der Waals surface area contributed by atoms with E-state index < -0.39 is 0 Å². The minimum absolute atomic E-state index is 0.675. The van der Waals surface area contributed by atoms with Gasteiger partial charge in [0.15, 0.2) is 0 Å². The van der Waals surface area contributed by atoms with E-state index in [0.29, 0.717) is 6.54 Å². The molecule has 2 nitrogen and oxygen atoms in total. The molecule has 0 aliphatic heterocycles. The molecular formula is C14H18N2S2. The largest absolute Gasteiger partial charge is 0.330 e. The average Bonchev–Trinajstić information content (AvgIpc) is 2.70. The molecule has 2 rings (SSSR count). The van der Waals surface area contributed by atoms with Gasteiger partial charge in [0.25, 0.3) is 0 Å². The van der Waals surface area contributed by atoms with Gasteiger partial charge in [-0.3, -0.25) is 0 Å². The van der Waals surface area contributed by atoms with E-state index in [0.717, 1.165) is 23.5 Å². The van der Waals surface area contributed by atoms with Gasteiger partial charge < -0.3 is 5.73 Å². The summed E-state index contributed by atoms with van der Waals surface area (Å²) in [5, 5.41) is 1.16. The molecule has 4 heteroatoms. The topological polar surface area (TPSA) is 38.9 Å². The van der Waals surface area contributed by atoms with Gasteiger partial charge in [-0.15, -0.1) is 23.1 Å². The lowest BCUT2D eigenvalue weighted by molar-refractivity contribution is 0.943. The fourth-order valence-corrected chi connectivity index (χ4v) is 3.45. The van der Waals surface area contributed by atoms with Crippen LogP contribution in [0.5, 0.6) is 0 Å². The first-order valence-electron chi connectivity index (χ1n) is 6.01. The van der Waals surface area contributed by atoms with Crippen LogP contribution in [0.1, 0.15) is 21.1 Å². The Balaban J connectivity index is 2.17. The van der Waals surface area contributed by atoms with Crippen molar-refractivity contribution >= 4 is 23.1 Å². The van der Waals surface area contributed by atoms with Gasteiger partial charge in [-0.1, -0.05) is 12.1 Å². The molecule has 0 fully saturated rings. The third-order valence-corrected chi connectivity index (χ3v) is 4.74. The Bertz CT molecular complexity index is 520. The predicted molar refractivity (Wildman–Crippen MR) is 80.6 cm³/mol. The van der Waals surface area contributed by atoms with Crippen molar-refractivity contribution in [2.75, 3.05) is 12.8 Å². The molecule has 96 valence electrons. The van der Waals surface area contributed by atoms with E-state index in [-0.39, 0.29) is 0 Å². The van der Waals surface area contributed by atoms with Crippen molar-refractivity contribution in [1.82, 2.24) is 4.98 Å². The molecule has 1 heterocycles. The van der Waals surface area contributed by atoms with Crippen molar-refractivity contribution < 1.29 is 0 Å². The number of rotatable bonds is 5. The van der Waals surface area contributed by atoms with Crippen LogP contribution in [0, 0.1) is 6.92 Å². The molecule has 0 spiro atoms. The van der Waals surface area contributed by atoms with Crippen LogP contribution in [0.25, 0.3) is 0 Å². The summed E-state index contributed by atoms with van der Waals surface area (Å²) in [6, 6.07) is 8.71. The Morgan fingerprint density at radius 2 is 2.22 bits per heavy atom. The monoisotopic (exact) mass is 278 g/mol. The molecule has 0 unspecified atom stereocenters. The smallest absolute Gasteiger partial charge is 0.0943 e. The molecule has 1 aromatic carbocycles. The van der Waals surface area contributed by atoms with E-state index in [1.807, 2.05) is 0 Å². The van der Waals surface area contributed by atoms with Crippen LogP contribution >= 0.6 is 23.1 Å². The van der Waals surface area contributed by atoms with Crippen LogP contribution < -0.4 is 5.73 Å². The number of thiazole rings is 1. The normalized spacial score (nSPS) is 10.8. The third kappa shape index (κ3) is 3.34. The van der Waals surface area contributed by atoms with Crippen LogP contribution in [-0.4, -0.2) is 17.8 Å². The standard InChI is InChI=1S/C14H18N2S2/c1-10-13(18-14(16-10)6-7-15)9-11-4-3-5-12(8-11)17-2/h3-5,8H,6-7,9,15H2,1-2H3. The molecule has 1 aromatic heterocycles. The molecule has 0 aliphatic rings. The van der Waals surface area contributed by atoms with Gasteiger partial charge in [0.1, 0.15) is 0 Å². The van der Waals surface area contributed by atoms with Crippen molar-refractivity contribution in [3.8, 4) is 0 Å². The molecule has 0 atom stereocenters. The number of nitrogens with two attached hydrogens (primary N) is 1. The van der Waals surface area contributed by atoms with Crippen molar-refractivity contribution in [2.24, 2.45) is 5.73 Å². The van der Waals surface area contributed by atoms with E-state index in [9.17, 15) is 0 Å². The maximum absolute atomic E-state index is 5.57. The van der Waals surface area contributed by atoms with Gasteiger partial charge in [-0.25, -0.2) is 4.98 Å². The van der Waals surface area contributed by atoms with Crippen molar-refractivity contribution in [2.45, 2.75) is 24.7 Å². The summed E-state index contributed by atoms with van der Waals surface area (Å²) in [6.07, 6.45) is 3.97. The van der Waals surface area contributed by atoms with Crippen LogP contribution in [0.3, 0.4) is 0 Å². The van der Waals surface area contributed by atoms with Crippen LogP contribution in [-0.2, 0) is 12.8 Å². The summed E-state index contributed by atoms with van der Waals surface area (Å²) >= 11 is 3.58. The summed E-state index contributed by atoms with van der Waals surface area (Å²) in [7, 11) is 0. The summed E-state index contributed by atoms with van der Waals surface area (Å²) in [6.45, 7) is 2.76. The van der Waals surface area contributed by atoms with Gasteiger partial charge in [0.2, 0.25) is 0 Å². The van der Waals surface area contributed by atoms with E-state index in [2.05, 4.69) is 42.4 Å². The van der Waals surface area contributed by atoms with Crippen molar-refractivity contribution in [1.29, 1.82) is 0 Å². The molecule has 0 aliphatic carbocycles. The van der Waals surface area contributed by atoms with Crippen LogP contribution in [0.15, 0.2) is 29.2 Å². The second kappa shape index (κ2) is 6.36. The number of aryl methyl sites for hydroxylation is 1. The highest BCUT2D eigenvalue weighted by molar-refractivity contribution is 7.98. The van der Waals surface area contributed by atoms with Gasteiger partial charge in [-0.2, -0.15) is 0 Å². The van der Waals surface area contributed by atoms with Crippen LogP contribution in [0.4, 0.5) is 0 Å². The summed E-state index contributed by atoms with van der Waals surface area (Å²) in [5.41, 5.74) is 8.08. The molecule has 18 heavy (non-hydrogen) atoms. The zero-order chi connectivity index (χ0) is 13.0. The van der Waals surface area contributed by atoms with E-state index in [4.69, 9.17) is 5.73 Å². The number of hydrogen-bond donors (Lipinski definition) is 1. The van der Waals surface area contributed by atoms with Gasteiger partial charge in [0, 0.05) is 22.6 Å². The highest BCUT2D eigenvalue weighted by Gasteiger charge is 2.08. The van der Waals surface area contributed by atoms with Gasteiger partial charge in [0.05, 0.1) is 10.7 Å². The number of thioether (sulfide) groups is 1. The maximum atomic E-state index is 5.57. The number of nitrogens with zero attached hydrogens (tertiary/aromatic N) is 1. The zero-order valence-corrected chi connectivity index (χ0v) is 12.4. The summed E-state index contributed by atoms with van der Waals surface area (Å²) in [5.74, 6) is 0. The molecule has 0 radical (unpaired) electrons. The molecule has 0 saturated heterocycles. The lowest BCUT2D eigenvalue weighted by Crippen LogP contribution is -2.01. The SMILES string of the molecule is CSc1cccc(Cc2sc(CCN)nc2C)c1. The Hall–Kier alpha value is -0.840. The first kappa shape index (κ1) is 13.6. The average molecular weight is 278 g/mol. The summed E-state index contributed by atoms with van der Waals surface area (Å²) in [4.78, 5) is 7.25. The Kier molecular flexibility index (Phi) is 4.80. The van der Waals surface area contributed by atoms with Crippen molar-refractivity contribution in [3.05, 3.63) is 45.4 Å². The van der Waals surface area contributed by atoms with Crippen LogP contribution in [0.2, 0.25) is 0 Å². The fraction of sp³-hybridized carbons (Fsp3) is 0.357. The second-order valence-electron chi connectivity index (χ2n) is 4.18. The minimum atomic E-state index is 0.675. The van der Waals surface area contributed by atoms with E-state index >= 15 is 0 Å². The van der Waals surface area contributed by atoms with Gasteiger partial charge in [-0.05, 0) is 37.4 Å². The molecule has 2 aromatic rings. The molecule has 0 saturated carbocycles. The minimum Gasteiger partial charge on any atom is -0.330 e.